The van der Waals surface area contributed by atoms with Gasteiger partial charge in [0.25, 0.3) is 0 Å². The third-order valence-electron chi connectivity index (χ3n) is 4.28. The number of nitrogens with one attached hydrogen (secondary N) is 1. The van der Waals surface area contributed by atoms with E-state index in [0.717, 1.165) is 5.56 Å². The first-order valence-corrected chi connectivity index (χ1v) is 8.37. The van der Waals surface area contributed by atoms with Crippen molar-refractivity contribution in [1.29, 1.82) is 0 Å². The van der Waals surface area contributed by atoms with Gasteiger partial charge in [-0.1, -0.05) is 41.9 Å². The number of hydrogen-bond acceptors (Lipinski definition) is 2. The lowest BCUT2D eigenvalue weighted by molar-refractivity contribution is -0.124. The van der Waals surface area contributed by atoms with Gasteiger partial charge < -0.3 is 5.32 Å². The lowest BCUT2D eigenvalue weighted by Gasteiger charge is -2.26. The number of amides is 2. The summed E-state index contributed by atoms with van der Waals surface area (Å²) in [5.41, 5.74) is 1.74. The van der Waals surface area contributed by atoms with Crippen molar-refractivity contribution in [2.75, 3.05) is 4.90 Å². The van der Waals surface area contributed by atoms with Gasteiger partial charge in [0.15, 0.2) is 0 Å². The Morgan fingerprint density at radius 1 is 1.17 bits per heavy atom. The molecule has 3 rings (SSSR count). The summed E-state index contributed by atoms with van der Waals surface area (Å²) in [6.45, 7) is 1.94. The zero-order chi connectivity index (χ0) is 17.1. The van der Waals surface area contributed by atoms with Crippen molar-refractivity contribution >= 4 is 29.1 Å². The van der Waals surface area contributed by atoms with Crippen LogP contribution in [0.1, 0.15) is 31.4 Å². The fraction of sp³-hybridized carbons (Fsp3) is 0.263. The molecule has 1 N–H and O–H groups in total. The Hall–Kier alpha value is -2.33. The number of nitrogens with zero attached hydrogens (tertiary/aromatic N) is 1. The number of rotatable bonds is 4. The number of carbonyl (C=O) groups is 2. The lowest BCUT2D eigenvalue weighted by atomic mass is 10.1. The standard InChI is InChI=1S/C19H19ClN2O2/c1-13(14-5-3-2-4-6-14)21-19(24)17-11-12-18(23)22(17)16-9-7-15(20)8-10-16/h2-10,13,17H,11-12H2,1H3,(H,21,24). The summed E-state index contributed by atoms with van der Waals surface area (Å²) in [7, 11) is 0. The van der Waals surface area contributed by atoms with Gasteiger partial charge in [0, 0.05) is 17.1 Å². The van der Waals surface area contributed by atoms with Gasteiger partial charge in [0.2, 0.25) is 11.8 Å². The Morgan fingerprint density at radius 2 is 1.83 bits per heavy atom. The highest BCUT2D eigenvalue weighted by molar-refractivity contribution is 6.30. The first-order chi connectivity index (χ1) is 11.6. The molecule has 1 aliphatic heterocycles. The topological polar surface area (TPSA) is 49.4 Å². The summed E-state index contributed by atoms with van der Waals surface area (Å²) in [4.78, 5) is 26.5. The maximum atomic E-state index is 12.7. The quantitative estimate of drug-likeness (QED) is 0.920. The Morgan fingerprint density at radius 3 is 2.50 bits per heavy atom. The number of halogens is 1. The first-order valence-electron chi connectivity index (χ1n) is 7.99. The number of hydrogen-bond donors (Lipinski definition) is 1. The van der Waals surface area contributed by atoms with Crippen LogP contribution in [0.5, 0.6) is 0 Å². The van der Waals surface area contributed by atoms with Crippen LogP contribution in [0.4, 0.5) is 5.69 Å². The molecular weight excluding hydrogens is 324 g/mol. The van der Waals surface area contributed by atoms with Gasteiger partial charge >= 0.3 is 0 Å². The van der Waals surface area contributed by atoms with E-state index >= 15 is 0 Å². The molecule has 2 aromatic carbocycles. The second-order valence-corrected chi connectivity index (χ2v) is 6.37. The van der Waals surface area contributed by atoms with Gasteiger partial charge in [-0.15, -0.1) is 0 Å². The zero-order valence-electron chi connectivity index (χ0n) is 13.4. The van der Waals surface area contributed by atoms with Gasteiger partial charge in [-0.2, -0.15) is 0 Å². The molecule has 1 heterocycles. The molecule has 0 aliphatic carbocycles. The molecule has 1 fully saturated rings. The number of carbonyl (C=O) groups excluding carboxylic acids is 2. The third kappa shape index (κ3) is 3.44. The maximum Gasteiger partial charge on any atom is 0.243 e. The minimum absolute atomic E-state index is 0.0372. The third-order valence-corrected chi connectivity index (χ3v) is 4.53. The maximum absolute atomic E-state index is 12.7. The molecular formula is C19H19ClN2O2. The van der Waals surface area contributed by atoms with Gasteiger partial charge in [0.1, 0.15) is 6.04 Å². The van der Waals surface area contributed by atoms with Crippen molar-refractivity contribution < 1.29 is 9.59 Å². The highest BCUT2D eigenvalue weighted by atomic mass is 35.5. The second kappa shape index (κ2) is 7.05. The van der Waals surface area contributed by atoms with Crippen molar-refractivity contribution in [1.82, 2.24) is 5.32 Å². The molecule has 2 atom stereocenters. The van der Waals surface area contributed by atoms with E-state index in [1.807, 2.05) is 37.3 Å². The van der Waals surface area contributed by atoms with Crippen molar-refractivity contribution in [3.8, 4) is 0 Å². The van der Waals surface area contributed by atoms with Gasteiger partial charge in [-0.25, -0.2) is 0 Å². The molecule has 2 amide bonds. The van der Waals surface area contributed by atoms with E-state index in [1.165, 1.54) is 0 Å². The Bertz CT molecular complexity index is 731. The first kappa shape index (κ1) is 16.5. The molecule has 1 aliphatic rings. The molecule has 0 radical (unpaired) electrons. The molecule has 4 nitrogen and oxygen atoms in total. The van der Waals surface area contributed by atoms with Gasteiger partial charge in [0.05, 0.1) is 6.04 Å². The summed E-state index contributed by atoms with van der Waals surface area (Å²) in [5, 5.41) is 3.61. The van der Waals surface area contributed by atoms with E-state index in [9.17, 15) is 9.59 Å². The van der Waals surface area contributed by atoms with E-state index in [4.69, 9.17) is 11.6 Å². The highest BCUT2D eigenvalue weighted by Gasteiger charge is 2.37. The van der Waals surface area contributed by atoms with Crippen LogP contribution in [-0.4, -0.2) is 17.9 Å². The van der Waals surface area contributed by atoms with Crippen LogP contribution in [-0.2, 0) is 9.59 Å². The molecule has 0 aromatic heterocycles. The van der Waals surface area contributed by atoms with E-state index < -0.39 is 6.04 Å². The molecule has 5 heteroatoms. The van der Waals surface area contributed by atoms with E-state index in [1.54, 1.807) is 29.2 Å². The van der Waals surface area contributed by atoms with Crippen LogP contribution in [0.2, 0.25) is 5.02 Å². The van der Waals surface area contributed by atoms with Crippen molar-refractivity contribution in [2.24, 2.45) is 0 Å². The normalized spacial score (nSPS) is 18.5. The predicted octanol–water partition coefficient (Wildman–Crippen LogP) is 3.71. The average Bonchev–Trinajstić information content (AvgIpc) is 2.98. The molecule has 0 saturated carbocycles. The Kier molecular flexibility index (Phi) is 4.86. The van der Waals surface area contributed by atoms with Crippen LogP contribution < -0.4 is 10.2 Å². The zero-order valence-corrected chi connectivity index (χ0v) is 14.2. The average molecular weight is 343 g/mol. The molecule has 1 saturated heterocycles. The fourth-order valence-electron chi connectivity index (χ4n) is 2.99. The molecule has 2 unspecified atom stereocenters. The van der Waals surface area contributed by atoms with E-state index in [2.05, 4.69) is 5.32 Å². The van der Waals surface area contributed by atoms with Gasteiger partial charge in [-0.05, 0) is 43.2 Å². The Labute approximate surface area is 146 Å². The summed E-state index contributed by atoms with van der Waals surface area (Å²) in [6, 6.07) is 16.2. The SMILES string of the molecule is CC(NC(=O)C1CCC(=O)N1c1ccc(Cl)cc1)c1ccccc1. The van der Waals surface area contributed by atoms with Gasteiger partial charge in [-0.3, -0.25) is 14.5 Å². The Balaban J connectivity index is 1.76. The fourth-order valence-corrected chi connectivity index (χ4v) is 3.12. The molecule has 24 heavy (non-hydrogen) atoms. The lowest BCUT2D eigenvalue weighted by Crippen LogP contribution is -2.45. The van der Waals surface area contributed by atoms with Crippen molar-refractivity contribution in [3.63, 3.8) is 0 Å². The smallest absolute Gasteiger partial charge is 0.243 e. The molecule has 124 valence electrons. The van der Waals surface area contributed by atoms with Crippen molar-refractivity contribution in [3.05, 3.63) is 65.2 Å². The van der Waals surface area contributed by atoms with E-state index in [0.29, 0.717) is 23.6 Å². The van der Waals surface area contributed by atoms with Crippen molar-refractivity contribution in [2.45, 2.75) is 31.8 Å². The minimum Gasteiger partial charge on any atom is -0.348 e. The summed E-state index contributed by atoms with van der Waals surface area (Å²) in [5.74, 6) is -0.169. The van der Waals surface area contributed by atoms with Crippen LogP contribution in [0.3, 0.4) is 0 Å². The molecule has 0 bridgehead atoms. The minimum atomic E-state index is -0.482. The molecule has 2 aromatic rings. The predicted molar refractivity (Wildman–Crippen MR) is 95.0 cm³/mol. The highest BCUT2D eigenvalue weighted by Crippen LogP contribution is 2.28. The largest absolute Gasteiger partial charge is 0.348 e. The van der Waals surface area contributed by atoms with Crippen LogP contribution in [0.25, 0.3) is 0 Å². The summed E-state index contributed by atoms with van der Waals surface area (Å²) >= 11 is 5.91. The monoisotopic (exact) mass is 342 g/mol. The van der Waals surface area contributed by atoms with E-state index in [-0.39, 0.29) is 17.9 Å². The van der Waals surface area contributed by atoms with Crippen LogP contribution in [0.15, 0.2) is 54.6 Å². The summed E-state index contributed by atoms with van der Waals surface area (Å²) in [6.07, 6.45) is 0.898. The second-order valence-electron chi connectivity index (χ2n) is 5.94. The molecule has 0 spiro atoms. The number of benzene rings is 2. The van der Waals surface area contributed by atoms with Crippen LogP contribution in [0, 0.1) is 0 Å². The number of anilines is 1. The summed E-state index contributed by atoms with van der Waals surface area (Å²) < 4.78 is 0. The van der Waals surface area contributed by atoms with Crippen LogP contribution >= 0.6 is 11.6 Å².